The first kappa shape index (κ1) is 13.6. The predicted molar refractivity (Wildman–Crippen MR) is 82.2 cm³/mol. The number of rotatable bonds is 3. The van der Waals surface area contributed by atoms with Crippen molar-refractivity contribution in [1.82, 2.24) is 0 Å². The van der Waals surface area contributed by atoms with Gasteiger partial charge >= 0.3 is 5.97 Å². The van der Waals surface area contributed by atoms with Gasteiger partial charge in [0.1, 0.15) is 0 Å². The van der Waals surface area contributed by atoms with Crippen molar-refractivity contribution < 1.29 is 14.7 Å². The van der Waals surface area contributed by atoms with Crippen molar-refractivity contribution in [2.75, 3.05) is 5.32 Å². The number of hydrogen-bond acceptors (Lipinski definition) is 2. The summed E-state index contributed by atoms with van der Waals surface area (Å²) in [5.74, 6) is -1.90. The van der Waals surface area contributed by atoms with Crippen molar-refractivity contribution in [3.05, 3.63) is 42.0 Å². The number of carboxylic acids is 1. The average molecular weight is 297 g/mol. The maximum atomic E-state index is 12.7. The fourth-order valence-electron chi connectivity index (χ4n) is 4.64. The van der Waals surface area contributed by atoms with Crippen LogP contribution in [0.25, 0.3) is 0 Å². The molecule has 0 radical (unpaired) electrons. The Hall–Kier alpha value is -2.10. The van der Waals surface area contributed by atoms with E-state index in [1.54, 1.807) is 0 Å². The third kappa shape index (κ3) is 1.76. The summed E-state index contributed by atoms with van der Waals surface area (Å²) in [6.07, 6.45) is 6.21. The van der Waals surface area contributed by atoms with E-state index < -0.39 is 17.8 Å². The number of hydrogen-bond donors (Lipinski definition) is 2. The molecule has 3 aliphatic carbocycles. The van der Waals surface area contributed by atoms with Gasteiger partial charge in [0.05, 0.1) is 11.8 Å². The van der Waals surface area contributed by atoms with Gasteiger partial charge in [-0.05, 0) is 54.7 Å². The predicted octanol–water partition coefficient (Wildman–Crippen LogP) is 2.85. The molecule has 0 heterocycles. The first-order valence-corrected chi connectivity index (χ1v) is 7.82. The summed E-state index contributed by atoms with van der Waals surface area (Å²) in [5, 5.41) is 12.5. The van der Waals surface area contributed by atoms with Gasteiger partial charge in [-0.2, -0.15) is 0 Å². The van der Waals surface area contributed by atoms with E-state index in [0.717, 1.165) is 24.1 Å². The molecule has 2 bridgehead atoms. The number of anilines is 1. The maximum absolute atomic E-state index is 12.7. The van der Waals surface area contributed by atoms with Gasteiger partial charge < -0.3 is 10.4 Å². The van der Waals surface area contributed by atoms with Crippen LogP contribution in [0.15, 0.2) is 36.4 Å². The van der Waals surface area contributed by atoms with Crippen molar-refractivity contribution in [2.24, 2.45) is 29.1 Å². The largest absolute Gasteiger partial charge is 0.481 e. The van der Waals surface area contributed by atoms with Crippen LogP contribution in [0.3, 0.4) is 0 Å². The molecule has 2 fully saturated rings. The van der Waals surface area contributed by atoms with E-state index in [1.807, 2.05) is 37.3 Å². The van der Waals surface area contributed by atoms with Gasteiger partial charge in [0, 0.05) is 5.69 Å². The van der Waals surface area contributed by atoms with Crippen LogP contribution in [-0.2, 0) is 9.59 Å². The van der Waals surface area contributed by atoms with Gasteiger partial charge in [-0.3, -0.25) is 9.59 Å². The molecule has 4 heteroatoms. The Morgan fingerprint density at radius 1 is 1.18 bits per heavy atom. The number of benzene rings is 1. The first-order valence-electron chi connectivity index (χ1n) is 7.82. The van der Waals surface area contributed by atoms with Crippen LogP contribution in [0.1, 0.15) is 18.4 Å². The zero-order chi connectivity index (χ0) is 15.5. The molecule has 1 aromatic rings. The number of aliphatic carboxylic acids is 1. The molecule has 4 atom stereocenters. The molecular formula is C18H19NO3. The molecule has 0 saturated heterocycles. The normalized spacial score (nSPS) is 33.1. The maximum Gasteiger partial charge on any atom is 0.307 e. The van der Waals surface area contributed by atoms with E-state index in [0.29, 0.717) is 0 Å². The molecule has 4 nitrogen and oxygen atoms in total. The van der Waals surface area contributed by atoms with Gasteiger partial charge in [0.15, 0.2) is 0 Å². The first-order chi connectivity index (χ1) is 10.5. The lowest BCUT2D eigenvalue weighted by molar-refractivity contribution is -0.146. The highest BCUT2D eigenvalue weighted by atomic mass is 16.4. The highest BCUT2D eigenvalue weighted by Crippen LogP contribution is 2.72. The van der Waals surface area contributed by atoms with Crippen LogP contribution < -0.4 is 5.32 Å². The van der Waals surface area contributed by atoms with E-state index in [-0.39, 0.29) is 23.2 Å². The molecule has 0 aliphatic heterocycles. The number of aryl methyl sites for hydroxylation is 1. The van der Waals surface area contributed by atoms with Crippen molar-refractivity contribution in [1.29, 1.82) is 0 Å². The second-order valence-electron chi connectivity index (χ2n) is 6.92. The molecule has 3 aliphatic rings. The van der Waals surface area contributed by atoms with Crippen LogP contribution in [0, 0.1) is 36.0 Å². The Kier molecular flexibility index (Phi) is 2.74. The zero-order valence-corrected chi connectivity index (χ0v) is 12.5. The SMILES string of the molecule is Cc1cccc(NC(=O)[C@@H]2[C@H](C(=O)O)[C@H]3C=C[C@H]2C32CC2)c1. The number of nitrogens with one attached hydrogen (secondary N) is 1. The fourth-order valence-corrected chi connectivity index (χ4v) is 4.64. The quantitative estimate of drug-likeness (QED) is 0.843. The highest BCUT2D eigenvalue weighted by molar-refractivity contribution is 5.96. The van der Waals surface area contributed by atoms with Gasteiger partial charge in [-0.1, -0.05) is 24.3 Å². The Labute approximate surface area is 129 Å². The third-order valence-electron chi connectivity index (χ3n) is 5.72. The molecule has 2 N–H and O–H groups in total. The molecule has 114 valence electrons. The molecule has 4 rings (SSSR count). The molecular weight excluding hydrogens is 278 g/mol. The van der Waals surface area contributed by atoms with Crippen molar-refractivity contribution in [3.63, 3.8) is 0 Å². The minimum absolute atomic E-state index is 0.0308. The van der Waals surface area contributed by atoms with E-state index in [1.165, 1.54) is 0 Å². The van der Waals surface area contributed by atoms with Crippen molar-refractivity contribution in [2.45, 2.75) is 19.8 Å². The smallest absolute Gasteiger partial charge is 0.307 e. The van der Waals surface area contributed by atoms with Gasteiger partial charge in [0.25, 0.3) is 0 Å². The molecule has 0 unspecified atom stereocenters. The Morgan fingerprint density at radius 3 is 2.45 bits per heavy atom. The van der Waals surface area contributed by atoms with E-state index >= 15 is 0 Å². The minimum Gasteiger partial charge on any atom is -0.481 e. The standard InChI is InChI=1S/C18H19NO3/c1-10-3-2-4-11(9-10)19-16(20)14-12-5-6-13(15(14)17(21)22)18(12)7-8-18/h2-6,9,12-15H,7-8H2,1H3,(H,19,20)(H,21,22)/t12-,13-,14+,15-/m1/s1. The Balaban J connectivity index is 1.62. The van der Waals surface area contributed by atoms with Gasteiger partial charge in [-0.15, -0.1) is 0 Å². The van der Waals surface area contributed by atoms with E-state index in [4.69, 9.17) is 0 Å². The van der Waals surface area contributed by atoms with Crippen LogP contribution in [0.2, 0.25) is 0 Å². The lowest BCUT2D eigenvalue weighted by Gasteiger charge is -2.23. The number of amides is 1. The molecule has 2 saturated carbocycles. The van der Waals surface area contributed by atoms with Crippen LogP contribution in [0.5, 0.6) is 0 Å². The van der Waals surface area contributed by atoms with E-state index in [2.05, 4.69) is 11.4 Å². The number of carbonyl (C=O) groups is 2. The Morgan fingerprint density at radius 2 is 1.86 bits per heavy atom. The summed E-state index contributed by atoms with van der Waals surface area (Å²) in [5.41, 5.74) is 1.88. The summed E-state index contributed by atoms with van der Waals surface area (Å²) in [7, 11) is 0. The molecule has 22 heavy (non-hydrogen) atoms. The minimum atomic E-state index is -0.840. The summed E-state index contributed by atoms with van der Waals surface area (Å²) < 4.78 is 0. The third-order valence-corrected chi connectivity index (χ3v) is 5.72. The second kappa shape index (κ2) is 4.45. The lowest BCUT2D eigenvalue weighted by atomic mass is 9.82. The van der Waals surface area contributed by atoms with Gasteiger partial charge in [-0.25, -0.2) is 0 Å². The average Bonchev–Trinajstić information content (AvgIpc) is 3.12. The second-order valence-corrected chi connectivity index (χ2v) is 6.92. The summed E-state index contributed by atoms with van der Waals surface area (Å²) in [6, 6.07) is 7.61. The number of carboxylic acid groups (broad SMARTS) is 1. The number of carbonyl (C=O) groups excluding carboxylic acids is 1. The summed E-state index contributed by atoms with van der Waals surface area (Å²) in [4.78, 5) is 24.5. The summed E-state index contributed by atoms with van der Waals surface area (Å²) in [6.45, 7) is 1.97. The monoisotopic (exact) mass is 297 g/mol. The fraction of sp³-hybridized carbons (Fsp3) is 0.444. The van der Waals surface area contributed by atoms with E-state index in [9.17, 15) is 14.7 Å². The molecule has 1 spiro atoms. The van der Waals surface area contributed by atoms with Crippen molar-refractivity contribution >= 4 is 17.6 Å². The topological polar surface area (TPSA) is 66.4 Å². The summed E-state index contributed by atoms with van der Waals surface area (Å²) >= 11 is 0. The Bertz CT molecular complexity index is 689. The van der Waals surface area contributed by atoms with Crippen LogP contribution >= 0.6 is 0 Å². The van der Waals surface area contributed by atoms with Crippen molar-refractivity contribution in [3.8, 4) is 0 Å². The molecule has 0 aromatic heterocycles. The zero-order valence-electron chi connectivity index (χ0n) is 12.5. The molecule has 1 aromatic carbocycles. The molecule has 1 amide bonds. The lowest BCUT2D eigenvalue weighted by Crippen LogP contribution is -2.36. The van der Waals surface area contributed by atoms with Crippen LogP contribution in [-0.4, -0.2) is 17.0 Å². The highest BCUT2D eigenvalue weighted by Gasteiger charge is 2.70. The van der Waals surface area contributed by atoms with Gasteiger partial charge in [0.2, 0.25) is 5.91 Å². The number of allylic oxidation sites excluding steroid dienone is 2. The van der Waals surface area contributed by atoms with Crippen LogP contribution in [0.4, 0.5) is 5.69 Å².